The minimum absolute atomic E-state index is 0.141. The van der Waals surface area contributed by atoms with Crippen LogP contribution in [0.1, 0.15) is 32.6 Å². The first kappa shape index (κ1) is 16.2. The van der Waals surface area contributed by atoms with Gasteiger partial charge in [0.1, 0.15) is 0 Å². The van der Waals surface area contributed by atoms with Gasteiger partial charge in [0.2, 0.25) is 10.0 Å². The molecule has 0 aromatic heterocycles. The minimum atomic E-state index is -3.39. The molecule has 0 N–H and O–H groups in total. The number of rotatable bonds is 4. The van der Waals surface area contributed by atoms with Crippen molar-refractivity contribution in [2.24, 2.45) is 0 Å². The number of sulfonamides is 1. The van der Waals surface area contributed by atoms with Crippen LogP contribution in [0.15, 0.2) is 59.5 Å². The quantitative estimate of drug-likeness (QED) is 0.838. The molecule has 122 valence electrons. The SMILES string of the molecule is CC[C@@H]1CCCCN1S(=O)(=O)c1ccc(-c2ccccc2)cc1. The van der Waals surface area contributed by atoms with Crippen molar-refractivity contribution >= 4 is 10.0 Å². The van der Waals surface area contributed by atoms with Crippen molar-refractivity contribution in [3.63, 3.8) is 0 Å². The highest BCUT2D eigenvalue weighted by Crippen LogP contribution is 2.28. The first-order valence-electron chi connectivity index (χ1n) is 8.30. The van der Waals surface area contributed by atoms with Crippen LogP contribution in [0, 0.1) is 0 Å². The van der Waals surface area contributed by atoms with E-state index < -0.39 is 10.0 Å². The molecule has 4 heteroatoms. The van der Waals surface area contributed by atoms with Crippen molar-refractivity contribution in [1.82, 2.24) is 4.31 Å². The molecule has 0 amide bonds. The molecule has 3 rings (SSSR count). The lowest BCUT2D eigenvalue weighted by molar-refractivity contribution is 0.246. The Bertz CT molecular complexity index is 739. The van der Waals surface area contributed by atoms with E-state index in [1.54, 1.807) is 16.4 Å². The predicted octanol–water partition coefficient (Wildman–Crippen LogP) is 4.31. The van der Waals surface area contributed by atoms with Crippen LogP contribution in [0.2, 0.25) is 0 Å². The van der Waals surface area contributed by atoms with Gasteiger partial charge in [-0.1, -0.05) is 55.8 Å². The second-order valence-electron chi connectivity index (χ2n) is 6.06. The van der Waals surface area contributed by atoms with Crippen molar-refractivity contribution in [3.8, 4) is 11.1 Å². The molecule has 0 radical (unpaired) electrons. The Balaban J connectivity index is 1.88. The van der Waals surface area contributed by atoms with E-state index in [1.165, 1.54) is 0 Å². The summed E-state index contributed by atoms with van der Waals surface area (Å²) in [4.78, 5) is 0.400. The maximum Gasteiger partial charge on any atom is 0.243 e. The largest absolute Gasteiger partial charge is 0.243 e. The highest BCUT2D eigenvalue weighted by Gasteiger charge is 2.32. The standard InChI is InChI=1S/C19H23NO2S/c1-2-18-10-6-7-15-20(18)23(21,22)19-13-11-17(12-14-19)16-8-4-3-5-9-16/h3-5,8-9,11-14,18H,2,6-7,10,15H2,1H3/t18-/m1/s1. The fourth-order valence-electron chi connectivity index (χ4n) is 3.28. The van der Waals surface area contributed by atoms with E-state index in [9.17, 15) is 8.42 Å². The molecule has 1 heterocycles. The van der Waals surface area contributed by atoms with E-state index in [1.807, 2.05) is 42.5 Å². The molecule has 3 nitrogen and oxygen atoms in total. The van der Waals surface area contributed by atoms with Crippen LogP contribution in [-0.2, 0) is 10.0 Å². The minimum Gasteiger partial charge on any atom is -0.207 e. The Kier molecular flexibility index (Phi) is 4.83. The predicted molar refractivity (Wildman–Crippen MR) is 93.7 cm³/mol. The number of nitrogens with zero attached hydrogens (tertiary/aromatic N) is 1. The van der Waals surface area contributed by atoms with Crippen molar-refractivity contribution < 1.29 is 8.42 Å². The Morgan fingerprint density at radius 1 is 0.957 bits per heavy atom. The van der Waals surface area contributed by atoms with Crippen molar-refractivity contribution in [1.29, 1.82) is 0 Å². The van der Waals surface area contributed by atoms with Crippen LogP contribution in [0.3, 0.4) is 0 Å². The van der Waals surface area contributed by atoms with Crippen LogP contribution in [0.25, 0.3) is 11.1 Å². The van der Waals surface area contributed by atoms with Gasteiger partial charge in [0.05, 0.1) is 4.90 Å². The van der Waals surface area contributed by atoms with Gasteiger partial charge < -0.3 is 0 Å². The summed E-state index contributed by atoms with van der Waals surface area (Å²) in [5, 5.41) is 0. The lowest BCUT2D eigenvalue weighted by atomic mass is 10.0. The van der Waals surface area contributed by atoms with Crippen LogP contribution in [-0.4, -0.2) is 25.3 Å². The normalized spacial score (nSPS) is 19.6. The van der Waals surface area contributed by atoms with Gasteiger partial charge in [0.15, 0.2) is 0 Å². The molecule has 1 atom stereocenters. The van der Waals surface area contributed by atoms with E-state index in [0.717, 1.165) is 36.8 Å². The van der Waals surface area contributed by atoms with Crippen LogP contribution in [0.5, 0.6) is 0 Å². The zero-order chi connectivity index (χ0) is 16.3. The topological polar surface area (TPSA) is 37.4 Å². The number of hydrogen-bond acceptors (Lipinski definition) is 2. The molecule has 0 bridgehead atoms. The highest BCUT2D eigenvalue weighted by atomic mass is 32.2. The maximum atomic E-state index is 12.9. The highest BCUT2D eigenvalue weighted by molar-refractivity contribution is 7.89. The Morgan fingerprint density at radius 3 is 2.26 bits per heavy atom. The van der Waals surface area contributed by atoms with Gasteiger partial charge in [0, 0.05) is 12.6 Å². The van der Waals surface area contributed by atoms with Gasteiger partial charge in [-0.3, -0.25) is 0 Å². The molecule has 1 saturated heterocycles. The van der Waals surface area contributed by atoms with Gasteiger partial charge in [-0.2, -0.15) is 4.31 Å². The molecule has 2 aromatic carbocycles. The molecule has 1 aliphatic heterocycles. The van der Waals surface area contributed by atoms with E-state index in [2.05, 4.69) is 6.92 Å². The monoisotopic (exact) mass is 329 g/mol. The third-order valence-corrected chi connectivity index (χ3v) is 6.58. The number of hydrogen-bond donors (Lipinski definition) is 0. The van der Waals surface area contributed by atoms with Gasteiger partial charge in [0.25, 0.3) is 0 Å². The molecule has 0 spiro atoms. The molecule has 0 unspecified atom stereocenters. The Labute approximate surface area is 139 Å². The van der Waals surface area contributed by atoms with Crippen molar-refractivity contribution in [2.45, 2.75) is 43.5 Å². The summed E-state index contributed by atoms with van der Waals surface area (Å²) in [6.07, 6.45) is 3.93. The first-order chi connectivity index (χ1) is 11.1. The van der Waals surface area contributed by atoms with Crippen LogP contribution in [0.4, 0.5) is 0 Å². The molecular weight excluding hydrogens is 306 g/mol. The Hall–Kier alpha value is -1.65. The summed E-state index contributed by atoms with van der Waals surface area (Å²) in [6, 6.07) is 17.4. The first-order valence-corrected chi connectivity index (χ1v) is 9.74. The zero-order valence-electron chi connectivity index (χ0n) is 13.5. The fraction of sp³-hybridized carbons (Fsp3) is 0.368. The van der Waals surface area contributed by atoms with Gasteiger partial charge in [-0.15, -0.1) is 0 Å². The maximum absolute atomic E-state index is 12.9. The molecule has 0 aliphatic carbocycles. The summed E-state index contributed by atoms with van der Waals surface area (Å²) in [5.41, 5.74) is 2.14. The van der Waals surface area contributed by atoms with Crippen LogP contribution >= 0.6 is 0 Å². The molecule has 2 aromatic rings. The van der Waals surface area contributed by atoms with Crippen molar-refractivity contribution in [3.05, 3.63) is 54.6 Å². The zero-order valence-corrected chi connectivity index (χ0v) is 14.3. The third kappa shape index (κ3) is 3.33. The van der Waals surface area contributed by atoms with Gasteiger partial charge >= 0.3 is 0 Å². The smallest absolute Gasteiger partial charge is 0.207 e. The molecule has 0 saturated carbocycles. The summed E-state index contributed by atoms with van der Waals surface area (Å²) in [7, 11) is -3.39. The van der Waals surface area contributed by atoms with E-state index in [0.29, 0.717) is 11.4 Å². The number of benzene rings is 2. The summed E-state index contributed by atoms with van der Waals surface area (Å²) < 4.78 is 27.6. The lowest BCUT2D eigenvalue weighted by Crippen LogP contribution is -2.43. The van der Waals surface area contributed by atoms with E-state index in [-0.39, 0.29) is 6.04 Å². The van der Waals surface area contributed by atoms with Crippen molar-refractivity contribution in [2.75, 3.05) is 6.54 Å². The van der Waals surface area contributed by atoms with Crippen LogP contribution < -0.4 is 0 Å². The summed E-state index contributed by atoms with van der Waals surface area (Å²) in [6.45, 7) is 2.71. The van der Waals surface area contributed by atoms with Gasteiger partial charge in [-0.05, 0) is 42.5 Å². The molecular formula is C19H23NO2S. The second kappa shape index (κ2) is 6.85. The third-order valence-electron chi connectivity index (χ3n) is 4.61. The number of piperidine rings is 1. The van der Waals surface area contributed by atoms with E-state index in [4.69, 9.17) is 0 Å². The Morgan fingerprint density at radius 2 is 1.61 bits per heavy atom. The molecule has 1 aliphatic rings. The fourth-order valence-corrected chi connectivity index (χ4v) is 5.05. The summed E-state index contributed by atoms with van der Waals surface area (Å²) >= 11 is 0. The second-order valence-corrected chi connectivity index (χ2v) is 7.95. The molecule has 1 fully saturated rings. The average Bonchev–Trinajstić information content (AvgIpc) is 2.62. The molecule has 23 heavy (non-hydrogen) atoms. The average molecular weight is 329 g/mol. The summed E-state index contributed by atoms with van der Waals surface area (Å²) in [5.74, 6) is 0. The lowest BCUT2D eigenvalue weighted by Gasteiger charge is -2.34. The van der Waals surface area contributed by atoms with E-state index >= 15 is 0 Å². The van der Waals surface area contributed by atoms with Gasteiger partial charge in [-0.25, -0.2) is 8.42 Å².